The van der Waals surface area contributed by atoms with Gasteiger partial charge in [0.1, 0.15) is 0 Å². The molecule has 0 saturated heterocycles. The van der Waals surface area contributed by atoms with Crippen molar-refractivity contribution in [2.45, 2.75) is 0 Å². The number of fused-ring (bicyclic) bond motifs is 2. The predicted molar refractivity (Wildman–Crippen MR) is 83.6 cm³/mol. The van der Waals surface area contributed by atoms with E-state index < -0.39 is 0 Å². The molecular weight excluding hydrogens is 314 g/mol. The molecule has 0 fully saturated rings. The Morgan fingerprint density at radius 2 is 1.65 bits per heavy atom. The highest BCUT2D eigenvalue weighted by molar-refractivity contribution is 9.10. The van der Waals surface area contributed by atoms with Crippen LogP contribution in [-0.2, 0) is 0 Å². The summed E-state index contributed by atoms with van der Waals surface area (Å²) in [7, 11) is 0. The maximum atomic E-state index is 4.46. The summed E-state index contributed by atoms with van der Waals surface area (Å²) in [6.45, 7) is 0. The van der Waals surface area contributed by atoms with Crippen LogP contribution in [0.4, 0.5) is 0 Å². The Balaban J connectivity index is 2.11. The van der Waals surface area contributed by atoms with Gasteiger partial charge in [-0.2, -0.15) is 0 Å². The Labute approximate surface area is 124 Å². The lowest BCUT2D eigenvalue weighted by molar-refractivity contribution is 0.946. The molecule has 0 aliphatic rings. The molecule has 0 unspecified atom stereocenters. The van der Waals surface area contributed by atoms with E-state index in [1.54, 1.807) is 4.52 Å². The lowest BCUT2D eigenvalue weighted by Gasteiger charge is -2.07. The Kier molecular flexibility index (Phi) is 2.57. The number of aromatic nitrogens is 3. The van der Waals surface area contributed by atoms with Gasteiger partial charge >= 0.3 is 0 Å². The molecule has 0 atom stereocenters. The molecule has 0 saturated carbocycles. The van der Waals surface area contributed by atoms with Crippen LogP contribution in [0.2, 0.25) is 0 Å². The lowest BCUT2D eigenvalue weighted by Crippen LogP contribution is -1.90. The molecule has 96 valence electrons. The topological polar surface area (TPSA) is 30.2 Å². The van der Waals surface area contributed by atoms with Crippen LogP contribution < -0.4 is 0 Å². The van der Waals surface area contributed by atoms with Crippen LogP contribution >= 0.6 is 15.9 Å². The fourth-order valence-corrected chi connectivity index (χ4v) is 2.89. The monoisotopic (exact) mass is 323 g/mol. The summed E-state index contributed by atoms with van der Waals surface area (Å²) >= 11 is 3.34. The van der Waals surface area contributed by atoms with Crippen molar-refractivity contribution in [3.05, 3.63) is 65.5 Å². The van der Waals surface area contributed by atoms with Crippen molar-refractivity contribution in [2.24, 2.45) is 0 Å². The summed E-state index contributed by atoms with van der Waals surface area (Å²) in [6, 6.07) is 18.8. The summed E-state index contributed by atoms with van der Waals surface area (Å²) in [6.07, 6.45) is 1.90. The third-order valence-corrected chi connectivity index (χ3v) is 3.75. The molecular formula is C16H10BrN3. The molecule has 2 aromatic carbocycles. The van der Waals surface area contributed by atoms with Crippen LogP contribution in [-0.4, -0.2) is 14.6 Å². The van der Waals surface area contributed by atoms with Gasteiger partial charge in [-0.15, -0.1) is 5.10 Å². The minimum Gasteiger partial charge on any atom is -0.219 e. The van der Waals surface area contributed by atoms with E-state index in [9.17, 15) is 0 Å². The van der Waals surface area contributed by atoms with Crippen LogP contribution in [0.1, 0.15) is 0 Å². The van der Waals surface area contributed by atoms with Gasteiger partial charge in [0, 0.05) is 11.8 Å². The SMILES string of the molecule is Brc1nc2c(-c3cccc4ccccc34)cccn2n1. The average molecular weight is 324 g/mol. The summed E-state index contributed by atoms with van der Waals surface area (Å²) < 4.78 is 2.39. The number of nitrogens with zero attached hydrogens (tertiary/aromatic N) is 3. The van der Waals surface area contributed by atoms with Gasteiger partial charge < -0.3 is 0 Å². The quantitative estimate of drug-likeness (QED) is 0.522. The molecule has 4 aromatic rings. The van der Waals surface area contributed by atoms with Crippen molar-refractivity contribution in [3.63, 3.8) is 0 Å². The van der Waals surface area contributed by atoms with E-state index >= 15 is 0 Å². The van der Waals surface area contributed by atoms with Crippen LogP contribution in [0, 0.1) is 0 Å². The van der Waals surface area contributed by atoms with Gasteiger partial charge in [0.25, 0.3) is 0 Å². The maximum absolute atomic E-state index is 4.46. The summed E-state index contributed by atoms with van der Waals surface area (Å²) in [4.78, 5) is 4.46. The molecule has 2 aromatic heterocycles. The zero-order valence-electron chi connectivity index (χ0n) is 10.5. The molecule has 0 bridgehead atoms. The second kappa shape index (κ2) is 4.42. The highest BCUT2D eigenvalue weighted by Crippen LogP contribution is 2.31. The first-order valence-electron chi connectivity index (χ1n) is 6.32. The molecule has 2 heterocycles. The molecule has 0 radical (unpaired) electrons. The molecule has 20 heavy (non-hydrogen) atoms. The van der Waals surface area contributed by atoms with Crippen LogP contribution in [0.15, 0.2) is 65.5 Å². The minimum atomic E-state index is 0.602. The van der Waals surface area contributed by atoms with Crippen molar-refractivity contribution < 1.29 is 0 Å². The lowest BCUT2D eigenvalue weighted by atomic mass is 9.99. The number of benzene rings is 2. The van der Waals surface area contributed by atoms with Gasteiger partial charge in [-0.05, 0) is 44.4 Å². The zero-order valence-corrected chi connectivity index (χ0v) is 12.1. The van der Waals surface area contributed by atoms with Gasteiger partial charge in [-0.1, -0.05) is 42.5 Å². The first-order valence-corrected chi connectivity index (χ1v) is 7.11. The van der Waals surface area contributed by atoms with Crippen molar-refractivity contribution in [1.82, 2.24) is 14.6 Å². The van der Waals surface area contributed by atoms with Crippen LogP contribution in [0.5, 0.6) is 0 Å². The van der Waals surface area contributed by atoms with Gasteiger partial charge in [-0.3, -0.25) is 0 Å². The van der Waals surface area contributed by atoms with E-state index in [2.05, 4.69) is 74.5 Å². The Hall–Kier alpha value is -2.20. The Morgan fingerprint density at radius 3 is 2.60 bits per heavy atom. The van der Waals surface area contributed by atoms with E-state index in [4.69, 9.17) is 0 Å². The molecule has 0 aliphatic heterocycles. The highest BCUT2D eigenvalue weighted by atomic mass is 79.9. The van der Waals surface area contributed by atoms with Crippen molar-refractivity contribution in [3.8, 4) is 11.1 Å². The second-order valence-corrected chi connectivity index (χ2v) is 5.31. The molecule has 0 N–H and O–H groups in total. The summed E-state index contributed by atoms with van der Waals surface area (Å²) in [5, 5.41) is 6.75. The number of hydrogen-bond acceptors (Lipinski definition) is 2. The van der Waals surface area contributed by atoms with E-state index in [1.165, 1.54) is 16.3 Å². The largest absolute Gasteiger partial charge is 0.219 e. The van der Waals surface area contributed by atoms with Gasteiger partial charge in [0.05, 0.1) is 0 Å². The minimum absolute atomic E-state index is 0.602. The molecule has 0 amide bonds. The van der Waals surface area contributed by atoms with E-state index in [0.717, 1.165) is 11.2 Å². The third kappa shape index (κ3) is 1.72. The first-order chi connectivity index (χ1) is 9.83. The molecule has 4 rings (SSSR count). The van der Waals surface area contributed by atoms with E-state index in [0.29, 0.717) is 4.73 Å². The van der Waals surface area contributed by atoms with Crippen molar-refractivity contribution in [1.29, 1.82) is 0 Å². The average Bonchev–Trinajstić information content (AvgIpc) is 2.87. The first kappa shape index (κ1) is 11.6. The smallest absolute Gasteiger partial charge is 0.218 e. The van der Waals surface area contributed by atoms with Crippen LogP contribution in [0.3, 0.4) is 0 Å². The third-order valence-electron chi connectivity index (χ3n) is 3.42. The second-order valence-electron chi connectivity index (χ2n) is 4.60. The predicted octanol–water partition coefficient (Wildman–Crippen LogP) is 4.31. The van der Waals surface area contributed by atoms with Gasteiger partial charge in [0.15, 0.2) is 5.65 Å². The Morgan fingerprint density at radius 1 is 0.850 bits per heavy atom. The van der Waals surface area contributed by atoms with Crippen LogP contribution in [0.25, 0.3) is 27.5 Å². The molecule has 0 spiro atoms. The number of pyridine rings is 1. The number of halogens is 1. The fraction of sp³-hybridized carbons (Fsp3) is 0. The van der Waals surface area contributed by atoms with Crippen molar-refractivity contribution >= 4 is 32.3 Å². The van der Waals surface area contributed by atoms with E-state index in [-0.39, 0.29) is 0 Å². The van der Waals surface area contributed by atoms with Crippen molar-refractivity contribution in [2.75, 3.05) is 0 Å². The molecule has 0 aliphatic carbocycles. The molecule has 3 nitrogen and oxygen atoms in total. The summed E-state index contributed by atoms with van der Waals surface area (Å²) in [5.74, 6) is 0. The summed E-state index contributed by atoms with van der Waals surface area (Å²) in [5.41, 5.74) is 3.12. The zero-order chi connectivity index (χ0) is 13.5. The highest BCUT2D eigenvalue weighted by Gasteiger charge is 2.10. The normalized spacial score (nSPS) is 11.2. The number of hydrogen-bond donors (Lipinski definition) is 0. The van der Waals surface area contributed by atoms with Gasteiger partial charge in [0.2, 0.25) is 4.73 Å². The number of rotatable bonds is 1. The Bertz CT molecular complexity index is 922. The maximum Gasteiger partial charge on any atom is 0.218 e. The van der Waals surface area contributed by atoms with E-state index in [1.807, 2.05) is 12.3 Å². The van der Waals surface area contributed by atoms with Gasteiger partial charge in [-0.25, -0.2) is 9.50 Å². The molecule has 4 heteroatoms. The fourth-order valence-electron chi connectivity index (χ4n) is 2.55. The standard InChI is InChI=1S/C16H10BrN3/c17-16-18-15-14(9-4-10-20(15)19-16)13-8-3-6-11-5-1-2-7-12(11)13/h1-10H.